The summed E-state index contributed by atoms with van der Waals surface area (Å²) in [5, 5.41) is 11.0. The third-order valence-electron chi connectivity index (χ3n) is 7.96. The molecule has 2 aromatic rings. The van der Waals surface area contributed by atoms with E-state index in [1.165, 1.54) is 11.1 Å². The van der Waals surface area contributed by atoms with Crippen LogP contribution in [0.25, 0.3) is 0 Å². The summed E-state index contributed by atoms with van der Waals surface area (Å²) in [6.07, 6.45) is 1.53. The van der Waals surface area contributed by atoms with E-state index in [9.17, 15) is 9.90 Å². The van der Waals surface area contributed by atoms with Crippen LogP contribution in [0.2, 0.25) is 0 Å². The number of carbonyl (C=O) groups is 1. The van der Waals surface area contributed by atoms with E-state index in [1.54, 1.807) is 19.0 Å². The van der Waals surface area contributed by atoms with E-state index in [1.807, 2.05) is 53.7 Å². The normalized spacial score (nSPS) is 14.9. The zero-order valence-electron chi connectivity index (χ0n) is 23.2. The number of ether oxygens (including phenoxy) is 1. The van der Waals surface area contributed by atoms with Gasteiger partial charge in [0.05, 0.1) is 0 Å². The van der Waals surface area contributed by atoms with Crippen molar-refractivity contribution in [3.05, 3.63) is 64.2 Å². The summed E-state index contributed by atoms with van der Waals surface area (Å²) >= 11 is 0. The van der Waals surface area contributed by atoms with Crippen LogP contribution < -0.4 is 4.74 Å². The molecule has 188 valence electrons. The second kappa shape index (κ2) is 10.1. The Morgan fingerprint density at radius 2 is 1.44 bits per heavy atom. The lowest BCUT2D eigenvalue weighted by atomic mass is 9.70. The first-order valence-electron chi connectivity index (χ1n) is 12.4. The van der Waals surface area contributed by atoms with Crippen LogP contribution in [0.15, 0.2) is 36.4 Å². The quantitative estimate of drug-likeness (QED) is 0.471. The Balaban J connectivity index is 2.47. The molecule has 34 heavy (non-hydrogen) atoms. The molecule has 0 heterocycles. The van der Waals surface area contributed by atoms with Crippen LogP contribution in [0.4, 0.5) is 0 Å². The fourth-order valence-electron chi connectivity index (χ4n) is 4.67. The number of hydrogen-bond acceptors (Lipinski definition) is 3. The first kappa shape index (κ1) is 27.9. The van der Waals surface area contributed by atoms with Crippen LogP contribution in [0.1, 0.15) is 93.9 Å². The second-order valence-electron chi connectivity index (χ2n) is 11.2. The van der Waals surface area contributed by atoms with Gasteiger partial charge in [-0.1, -0.05) is 58.9 Å². The second-order valence-corrected chi connectivity index (χ2v) is 11.2. The van der Waals surface area contributed by atoms with E-state index in [2.05, 4.69) is 45.0 Å². The first-order valence-corrected chi connectivity index (χ1v) is 12.4. The summed E-state index contributed by atoms with van der Waals surface area (Å²) < 4.78 is 6.27. The highest BCUT2D eigenvalue weighted by atomic mass is 16.5. The Bertz CT molecular complexity index is 1010. The van der Waals surface area contributed by atoms with E-state index in [0.717, 1.165) is 35.3 Å². The molecule has 0 fully saturated rings. The largest absolute Gasteiger partial charge is 0.487 e. The molecular formula is C30H45NO3. The van der Waals surface area contributed by atoms with Gasteiger partial charge in [0.15, 0.2) is 0 Å². The van der Waals surface area contributed by atoms with Gasteiger partial charge in [0.2, 0.25) is 0 Å². The Hall–Kier alpha value is -2.33. The van der Waals surface area contributed by atoms with Crippen molar-refractivity contribution in [2.45, 2.75) is 92.3 Å². The summed E-state index contributed by atoms with van der Waals surface area (Å²) in [4.78, 5) is 14.2. The maximum Gasteiger partial charge on any atom is 0.253 e. The van der Waals surface area contributed by atoms with Crippen LogP contribution >= 0.6 is 0 Å². The molecule has 1 amide bonds. The highest BCUT2D eigenvalue weighted by Gasteiger charge is 2.42. The fourth-order valence-corrected chi connectivity index (χ4v) is 4.67. The van der Waals surface area contributed by atoms with E-state index in [-0.39, 0.29) is 22.8 Å². The number of aryl methyl sites for hydroxylation is 2. The van der Waals surface area contributed by atoms with Crippen molar-refractivity contribution in [1.29, 1.82) is 0 Å². The molecule has 0 aliphatic heterocycles. The Kier molecular flexibility index (Phi) is 8.30. The molecular weight excluding hydrogens is 422 g/mol. The van der Waals surface area contributed by atoms with Gasteiger partial charge in [0.25, 0.3) is 5.91 Å². The van der Waals surface area contributed by atoms with Crippen molar-refractivity contribution in [2.75, 3.05) is 14.1 Å². The highest BCUT2D eigenvalue weighted by molar-refractivity contribution is 5.95. The third kappa shape index (κ3) is 5.17. The molecule has 0 bridgehead atoms. The van der Waals surface area contributed by atoms with Gasteiger partial charge in [0, 0.05) is 25.1 Å². The number of carbonyl (C=O) groups excluding carboxylic acids is 1. The molecule has 2 atom stereocenters. The summed E-state index contributed by atoms with van der Waals surface area (Å²) in [5.41, 5.74) is 3.82. The lowest BCUT2D eigenvalue weighted by molar-refractivity contribution is -0.112. The molecule has 1 N–H and O–H groups in total. The molecule has 0 aromatic heterocycles. The van der Waals surface area contributed by atoms with Crippen molar-refractivity contribution in [3.63, 3.8) is 0 Å². The molecule has 2 aromatic carbocycles. The molecule has 4 heteroatoms. The number of amides is 1. The Morgan fingerprint density at radius 1 is 0.941 bits per heavy atom. The number of rotatable bonds is 8. The molecule has 2 unspecified atom stereocenters. The molecule has 0 saturated heterocycles. The summed E-state index contributed by atoms with van der Waals surface area (Å²) in [6, 6.07) is 12.7. The van der Waals surface area contributed by atoms with Crippen molar-refractivity contribution in [1.82, 2.24) is 4.90 Å². The van der Waals surface area contributed by atoms with Crippen LogP contribution in [0, 0.1) is 19.3 Å². The predicted molar refractivity (Wildman–Crippen MR) is 142 cm³/mol. The highest BCUT2D eigenvalue weighted by Crippen LogP contribution is 2.42. The average molecular weight is 468 g/mol. The van der Waals surface area contributed by atoms with Crippen molar-refractivity contribution < 1.29 is 14.6 Å². The Morgan fingerprint density at radius 3 is 1.85 bits per heavy atom. The van der Waals surface area contributed by atoms with Crippen molar-refractivity contribution in [3.8, 4) is 5.75 Å². The van der Waals surface area contributed by atoms with Gasteiger partial charge in [-0.25, -0.2) is 0 Å². The molecule has 2 rings (SSSR count). The minimum absolute atomic E-state index is 0.0280. The van der Waals surface area contributed by atoms with Crippen LogP contribution in [0.3, 0.4) is 0 Å². The maximum absolute atomic E-state index is 12.5. The fraction of sp³-hybridized carbons (Fsp3) is 0.567. The zero-order chi connectivity index (χ0) is 26.1. The summed E-state index contributed by atoms with van der Waals surface area (Å²) in [6.45, 7) is 18.4. The van der Waals surface area contributed by atoms with E-state index in [4.69, 9.17) is 4.74 Å². The van der Waals surface area contributed by atoms with Gasteiger partial charge in [0.1, 0.15) is 17.5 Å². The number of aliphatic hydroxyl groups is 1. The number of hydrogen-bond donors (Lipinski definition) is 1. The van der Waals surface area contributed by atoms with Crippen LogP contribution in [0.5, 0.6) is 5.75 Å². The Labute approximate surface area is 207 Å². The van der Waals surface area contributed by atoms with Gasteiger partial charge in [-0.3, -0.25) is 4.79 Å². The van der Waals surface area contributed by atoms with Crippen LogP contribution in [-0.4, -0.2) is 41.7 Å². The van der Waals surface area contributed by atoms with Crippen molar-refractivity contribution >= 4 is 5.91 Å². The smallest absolute Gasteiger partial charge is 0.253 e. The monoisotopic (exact) mass is 467 g/mol. The number of benzene rings is 2. The molecule has 0 aliphatic rings. The standard InChI is InChI=1S/C30H45NO3/c1-12-30(13-2,23-14-16-25(20(3)18-23)27(32)31(10)11)24-15-17-26(21(4)19-24)34-22(5)29(9,33)28(6,7)8/h14-19,22,33H,12-13H2,1-11H3. The minimum Gasteiger partial charge on any atom is -0.487 e. The van der Waals surface area contributed by atoms with Gasteiger partial charge >= 0.3 is 0 Å². The van der Waals surface area contributed by atoms with E-state index in [0.29, 0.717) is 0 Å². The van der Waals surface area contributed by atoms with Gasteiger partial charge < -0.3 is 14.7 Å². The number of nitrogens with zero attached hydrogens (tertiary/aromatic N) is 1. The van der Waals surface area contributed by atoms with Crippen molar-refractivity contribution in [2.24, 2.45) is 5.41 Å². The lowest BCUT2D eigenvalue weighted by Crippen LogP contribution is -2.51. The molecule has 0 saturated carbocycles. The third-order valence-corrected chi connectivity index (χ3v) is 7.96. The average Bonchev–Trinajstić information content (AvgIpc) is 2.75. The van der Waals surface area contributed by atoms with Gasteiger partial charge in [-0.2, -0.15) is 0 Å². The lowest BCUT2D eigenvalue weighted by Gasteiger charge is -2.41. The molecule has 0 spiro atoms. The minimum atomic E-state index is -0.974. The zero-order valence-corrected chi connectivity index (χ0v) is 23.2. The van der Waals surface area contributed by atoms with Crippen LogP contribution in [-0.2, 0) is 5.41 Å². The van der Waals surface area contributed by atoms with E-state index < -0.39 is 5.60 Å². The first-order chi connectivity index (χ1) is 15.6. The SMILES string of the molecule is CCC(CC)(c1ccc(OC(C)C(C)(O)C(C)(C)C)c(C)c1)c1ccc(C(=O)N(C)C)c(C)c1. The van der Waals surface area contributed by atoms with Gasteiger partial charge in [-0.05, 0) is 80.3 Å². The topological polar surface area (TPSA) is 49.8 Å². The van der Waals surface area contributed by atoms with Gasteiger partial charge in [-0.15, -0.1) is 0 Å². The molecule has 0 radical (unpaired) electrons. The predicted octanol–water partition coefficient (Wildman–Crippen LogP) is 6.68. The summed E-state index contributed by atoms with van der Waals surface area (Å²) in [5.74, 6) is 0.824. The summed E-state index contributed by atoms with van der Waals surface area (Å²) in [7, 11) is 3.57. The maximum atomic E-state index is 12.5. The van der Waals surface area contributed by atoms with E-state index >= 15 is 0 Å². The molecule has 0 aliphatic carbocycles. The molecule has 4 nitrogen and oxygen atoms in total.